The van der Waals surface area contributed by atoms with Gasteiger partial charge in [-0.3, -0.25) is 9.52 Å². The summed E-state index contributed by atoms with van der Waals surface area (Å²) in [6, 6.07) is 11.0. The van der Waals surface area contributed by atoms with E-state index in [1.807, 2.05) is 36.0 Å². The van der Waals surface area contributed by atoms with Crippen LogP contribution in [0.2, 0.25) is 0 Å². The molecule has 2 aliphatic rings. The van der Waals surface area contributed by atoms with Crippen LogP contribution in [0.5, 0.6) is 0 Å². The number of aromatic nitrogens is 2. The average molecular weight is 597 g/mol. The van der Waals surface area contributed by atoms with Crippen LogP contribution in [0.15, 0.2) is 90.9 Å². The molecule has 5 rings (SSSR count). The van der Waals surface area contributed by atoms with E-state index in [1.54, 1.807) is 17.2 Å². The van der Waals surface area contributed by atoms with Crippen molar-refractivity contribution in [1.29, 1.82) is 0 Å². The number of hydrogen-bond donors (Lipinski definition) is 1. The van der Waals surface area contributed by atoms with Gasteiger partial charge in [0.1, 0.15) is 11.7 Å². The third kappa shape index (κ3) is 6.55. The Kier molecular flexibility index (Phi) is 8.75. The lowest BCUT2D eigenvalue weighted by Gasteiger charge is -2.29. The smallest absolute Gasteiger partial charge is 0.337 e. The molecule has 0 saturated heterocycles. The molecule has 2 aliphatic carbocycles. The first-order valence-corrected chi connectivity index (χ1v) is 14.6. The van der Waals surface area contributed by atoms with Crippen LogP contribution in [-0.2, 0) is 31.0 Å². The standard InChI is InChI=1S/C32H32F4N4OS/c1-4-6-29(20(2)33)42-38-28-8-5-7-21-11-14-24(17-26(21)28)40(19-30-37-15-16-39(30)3)31(41)27-18-25(27)22-9-12-23(13-10-22)32(34,35)36/h4,6,9-17,25,27-28,38H,1-2,5,7-8,18-19H2,3H3/b29-6+. The number of aryl methyl sites for hydroxylation is 2. The number of hydrogen-bond acceptors (Lipinski definition) is 4. The summed E-state index contributed by atoms with van der Waals surface area (Å²) in [5.41, 5.74) is 2.94. The number of halogens is 4. The summed E-state index contributed by atoms with van der Waals surface area (Å²) in [5, 5.41) is 0. The van der Waals surface area contributed by atoms with E-state index in [2.05, 4.69) is 22.9 Å². The number of imidazole rings is 1. The Bertz CT molecular complexity index is 1510. The fourth-order valence-corrected chi connectivity index (χ4v) is 6.23. The van der Waals surface area contributed by atoms with Crippen molar-refractivity contribution in [3.8, 4) is 0 Å². The van der Waals surface area contributed by atoms with E-state index in [4.69, 9.17) is 0 Å². The Labute approximate surface area is 247 Å². The van der Waals surface area contributed by atoms with E-state index in [0.29, 0.717) is 17.2 Å². The van der Waals surface area contributed by atoms with Gasteiger partial charge in [-0.25, -0.2) is 9.37 Å². The van der Waals surface area contributed by atoms with Gasteiger partial charge in [-0.15, -0.1) is 0 Å². The zero-order valence-corrected chi connectivity index (χ0v) is 24.0. The van der Waals surface area contributed by atoms with Crippen LogP contribution >= 0.6 is 11.9 Å². The molecule has 0 aliphatic heterocycles. The molecule has 3 aromatic rings. The van der Waals surface area contributed by atoms with Crippen molar-refractivity contribution in [1.82, 2.24) is 14.3 Å². The topological polar surface area (TPSA) is 50.2 Å². The van der Waals surface area contributed by atoms with Crippen molar-refractivity contribution < 1.29 is 22.4 Å². The molecule has 3 atom stereocenters. The normalized spacial score (nSPS) is 20.1. The van der Waals surface area contributed by atoms with Gasteiger partial charge in [0.25, 0.3) is 0 Å². The molecule has 1 N–H and O–H groups in total. The minimum absolute atomic E-state index is 0.0720. The number of benzene rings is 2. The second-order valence-electron chi connectivity index (χ2n) is 10.7. The Morgan fingerprint density at radius 2 is 2.00 bits per heavy atom. The lowest BCUT2D eigenvalue weighted by molar-refractivity contribution is -0.137. The van der Waals surface area contributed by atoms with Gasteiger partial charge in [-0.05, 0) is 90.6 Å². The first-order valence-electron chi connectivity index (χ1n) is 13.7. The summed E-state index contributed by atoms with van der Waals surface area (Å²) in [4.78, 5) is 20.5. The third-order valence-electron chi connectivity index (χ3n) is 7.86. The van der Waals surface area contributed by atoms with E-state index >= 15 is 0 Å². The predicted molar refractivity (Wildman–Crippen MR) is 158 cm³/mol. The van der Waals surface area contributed by atoms with Crippen molar-refractivity contribution in [2.45, 2.75) is 50.4 Å². The van der Waals surface area contributed by atoms with Gasteiger partial charge in [0, 0.05) is 37.1 Å². The van der Waals surface area contributed by atoms with Gasteiger partial charge >= 0.3 is 6.18 Å². The summed E-state index contributed by atoms with van der Waals surface area (Å²) in [6.07, 6.45) is 5.44. The van der Waals surface area contributed by atoms with E-state index in [-0.39, 0.29) is 30.3 Å². The van der Waals surface area contributed by atoms with Crippen LogP contribution in [0.4, 0.5) is 23.2 Å². The lowest BCUT2D eigenvalue weighted by Crippen LogP contribution is -2.33. The fourth-order valence-electron chi connectivity index (χ4n) is 5.44. The van der Waals surface area contributed by atoms with Gasteiger partial charge in [0.05, 0.1) is 17.0 Å². The van der Waals surface area contributed by atoms with E-state index < -0.39 is 17.6 Å². The van der Waals surface area contributed by atoms with Crippen molar-refractivity contribution >= 4 is 23.5 Å². The second kappa shape index (κ2) is 12.3. The largest absolute Gasteiger partial charge is 0.416 e. The summed E-state index contributed by atoms with van der Waals surface area (Å²) in [7, 11) is 1.87. The van der Waals surface area contributed by atoms with E-state index in [9.17, 15) is 22.4 Å². The number of carbonyl (C=O) groups is 1. The zero-order valence-electron chi connectivity index (χ0n) is 23.2. The molecule has 1 amide bonds. The molecule has 0 bridgehead atoms. The molecule has 1 heterocycles. The maximum atomic E-state index is 14.0. The molecule has 3 unspecified atom stereocenters. The number of anilines is 1. The highest BCUT2D eigenvalue weighted by Crippen LogP contribution is 2.49. The van der Waals surface area contributed by atoms with Crippen LogP contribution < -0.4 is 9.62 Å². The highest BCUT2D eigenvalue weighted by Gasteiger charge is 2.46. The summed E-state index contributed by atoms with van der Waals surface area (Å²) in [6.45, 7) is 7.29. The third-order valence-corrected chi connectivity index (χ3v) is 8.84. The van der Waals surface area contributed by atoms with Crippen LogP contribution in [-0.4, -0.2) is 15.5 Å². The minimum atomic E-state index is -4.41. The first-order chi connectivity index (χ1) is 20.1. The van der Waals surface area contributed by atoms with Crippen molar-refractivity contribution in [3.05, 3.63) is 119 Å². The Hall–Kier alpha value is -3.63. The van der Waals surface area contributed by atoms with Crippen molar-refractivity contribution in [2.24, 2.45) is 13.0 Å². The number of allylic oxidation sites excluding steroid dienone is 3. The number of rotatable bonds is 10. The molecule has 0 radical (unpaired) electrons. The first kappa shape index (κ1) is 29.8. The van der Waals surface area contributed by atoms with E-state index in [0.717, 1.165) is 53.8 Å². The average Bonchev–Trinajstić information content (AvgIpc) is 3.67. The molecule has 1 aromatic heterocycles. The molecule has 5 nitrogen and oxygen atoms in total. The quantitative estimate of drug-likeness (QED) is 0.147. The molecule has 0 spiro atoms. The number of fused-ring (bicyclic) bond motifs is 1. The summed E-state index contributed by atoms with van der Waals surface area (Å²) >= 11 is 1.17. The molecular weight excluding hydrogens is 564 g/mol. The molecule has 2 aromatic carbocycles. The summed E-state index contributed by atoms with van der Waals surface area (Å²) in [5.74, 6) is -0.419. The van der Waals surface area contributed by atoms with Crippen LogP contribution in [0.25, 0.3) is 0 Å². The highest BCUT2D eigenvalue weighted by atomic mass is 32.2. The maximum Gasteiger partial charge on any atom is 0.416 e. The second-order valence-corrected chi connectivity index (χ2v) is 11.5. The number of nitrogens with one attached hydrogen (secondary N) is 1. The molecule has 220 valence electrons. The SMILES string of the molecule is C=C/C=C(/SNC1CCCc2ccc(N(Cc3nccn3C)C(=O)C3CC3c3ccc(C(F)(F)F)cc3)cc21)C(=C)F. The van der Waals surface area contributed by atoms with Crippen LogP contribution in [0, 0.1) is 5.92 Å². The Balaban J connectivity index is 1.41. The number of amides is 1. The van der Waals surface area contributed by atoms with Crippen LogP contribution in [0.1, 0.15) is 59.3 Å². The minimum Gasteiger partial charge on any atom is -0.337 e. The molecule has 10 heteroatoms. The van der Waals surface area contributed by atoms with E-state index in [1.165, 1.54) is 30.2 Å². The van der Waals surface area contributed by atoms with Gasteiger partial charge in [-0.1, -0.05) is 37.4 Å². The van der Waals surface area contributed by atoms with Crippen LogP contribution in [0.3, 0.4) is 0 Å². The molecule has 1 fully saturated rings. The van der Waals surface area contributed by atoms with Crippen molar-refractivity contribution in [2.75, 3.05) is 4.90 Å². The zero-order chi connectivity index (χ0) is 30.0. The molecule has 42 heavy (non-hydrogen) atoms. The number of nitrogens with zero attached hydrogens (tertiary/aromatic N) is 3. The number of alkyl halides is 3. The molecule has 1 saturated carbocycles. The van der Waals surface area contributed by atoms with Gasteiger partial charge in [0.15, 0.2) is 0 Å². The summed E-state index contributed by atoms with van der Waals surface area (Å²) < 4.78 is 58.3. The Morgan fingerprint density at radius 3 is 2.64 bits per heavy atom. The van der Waals surface area contributed by atoms with Gasteiger partial charge < -0.3 is 9.47 Å². The Morgan fingerprint density at radius 1 is 1.24 bits per heavy atom. The predicted octanol–water partition coefficient (Wildman–Crippen LogP) is 7.94. The monoisotopic (exact) mass is 596 g/mol. The van der Waals surface area contributed by atoms with Gasteiger partial charge in [-0.2, -0.15) is 13.2 Å². The maximum absolute atomic E-state index is 14.0. The van der Waals surface area contributed by atoms with Gasteiger partial charge in [0.2, 0.25) is 5.91 Å². The van der Waals surface area contributed by atoms with Crippen molar-refractivity contribution in [3.63, 3.8) is 0 Å². The lowest BCUT2D eigenvalue weighted by atomic mass is 9.87. The fraction of sp³-hybridized carbons (Fsp3) is 0.312. The highest BCUT2D eigenvalue weighted by molar-refractivity contribution is 8.01. The molecular formula is C32H32F4N4OS. The number of carbonyl (C=O) groups excluding carboxylic acids is 1.